The second kappa shape index (κ2) is 10.2. The lowest BCUT2D eigenvalue weighted by Gasteiger charge is -2.25. The number of nitrogens with one attached hydrogen (secondary N) is 1. The van der Waals surface area contributed by atoms with Gasteiger partial charge in [-0.2, -0.15) is 5.10 Å². The average molecular weight is 538 g/mol. The lowest BCUT2D eigenvalue weighted by molar-refractivity contribution is 0.111. The molecule has 1 amide bonds. The minimum atomic E-state index is -3.74. The van der Waals surface area contributed by atoms with Gasteiger partial charge in [-0.25, -0.2) is 22.7 Å². The molecule has 2 aromatic heterocycles. The first kappa shape index (κ1) is 24.8. The van der Waals surface area contributed by atoms with Crippen molar-refractivity contribution < 1.29 is 17.9 Å². The summed E-state index contributed by atoms with van der Waals surface area (Å²) in [6.45, 7) is 3.23. The molecule has 0 bridgehead atoms. The fourth-order valence-corrected chi connectivity index (χ4v) is 5.35. The number of halogens is 1. The summed E-state index contributed by atoms with van der Waals surface area (Å²) in [4.78, 5) is 18.3. The molecule has 190 valence electrons. The molecule has 2 aromatic carbocycles. The van der Waals surface area contributed by atoms with Crippen LogP contribution < -0.4 is 4.72 Å². The minimum Gasteiger partial charge on any atom is -0.450 e. The third-order valence-electron chi connectivity index (χ3n) is 6.05. The maximum atomic E-state index is 12.7. The maximum absolute atomic E-state index is 12.7. The highest BCUT2D eigenvalue weighted by Crippen LogP contribution is 2.29. The second-order valence-corrected chi connectivity index (χ2v) is 10.5. The van der Waals surface area contributed by atoms with Crippen molar-refractivity contribution in [3.8, 4) is 11.3 Å². The van der Waals surface area contributed by atoms with Gasteiger partial charge in [-0.1, -0.05) is 29.8 Å². The summed E-state index contributed by atoms with van der Waals surface area (Å²) in [5.41, 5.74) is 4.93. The average Bonchev–Trinajstić information content (AvgIpc) is 3.34. The van der Waals surface area contributed by atoms with E-state index in [2.05, 4.69) is 14.8 Å². The number of rotatable bonds is 6. The number of aromatic nitrogens is 3. The maximum Gasteiger partial charge on any atom is 0.410 e. The van der Waals surface area contributed by atoms with Crippen LogP contribution in [0.1, 0.15) is 18.9 Å². The molecule has 1 aliphatic heterocycles. The van der Waals surface area contributed by atoms with Crippen LogP contribution in [0.3, 0.4) is 0 Å². The van der Waals surface area contributed by atoms with E-state index in [0.717, 1.165) is 27.9 Å². The summed E-state index contributed by atoms with van der Waals surface area (Å²) in [6.07, 6.45) is 5.87. The lowest BCUT2D eigenvalue weighted by atomic mass is 10.0. The molecule has 5 rings (SSSR count). The van der Waals surface area contributed by atoms with Gasteiger partial charge >= 0.3 is 6.09 Å². The molecule has 0 radical (unpaired) electrons. The molecule has 9 nitrogen and oxygen atoms in total. The van der Waals surface area contributed by atoms with Crippen LogP contribution in [0.4, 0.5) is 10.5 Å². The van der Waals surface area contributed by atoms with Crippen molar-refractivity contribution in [1.29, 1.82) is 0 Å². The van der Waals surface area contributed by atoms with Crippen molar-refractivity contribution in [2.24, 2.45) is 0 Å². The van der Waals surface area contributed by atoms with Crippen LogP contribution in [0, 0.1) is 0 Å². The monoisotopic (exact) mass is 537 g/mol. The van der Waals surface area contributed by atoms with E-state index in [1.54, 1.807) is 28.5 Å². The minimum absolute atomic E-state index is 0.126. The van der Waals surface area contributed by atoms with Gasteiger partial charge in [0.05, 0.1) is 22.7 Å². The van der Waals surface area contributed by atoms with E-state index in [9.17, 15) is 13.2 Å². The van der Waals surface area contributed by atoms with E-state index in [0.29, 0.717) is 36.8 Å². The number of carbonyl (C=O) groups excluding carboxylic acids is 1. The zero-order valence-corrected chi connectivity index (χ0v) is 21.5. The fraction of sp³-hybridized carbons (Fsp3) is 0.192. The highest BCUT2D eigenvalue weighted by atomic mass is 35.5. The van der Waals surface area contributed by atoms with Crippen LogP contribution in [-0.2, 0) is 14.8 Å². The summed E-state index contributed by atoms with van der Waals surface area (Å²) in [6, 6.07) is 15.0. The molecule has 0 unspecified atom stereocenters. The summed E-state index contributed by atoms with van der Waals surface area (Å²) >= 11 is 5.86. The fourth-order valence-electron chi connectivity index (χ4n) is 4.16. The summed E-state index contributed by atoms with van der Waals surface area (Å²) < 4.78 is 34.8. The Hall–Kier alpha value is -3.89. The van der Waals surface area contributed by atoms with Gasteiger partial charge in [0, 0.05) is 35.6 Å². The van der Waals surface area contributed by atoms with Crippen LogP contribution in [0.25, 0.3) is 22.3 Å². The van der Waals surface area contributed by atoms with Crippen molar-refractivity contribution in [2.75, 3.05) is 24.4 Å². The predicted molar refractivity (Wildman–Crippen MR) is 142 cm³/mol. The van der Waals surface area contributed by atoms with Gasteiger partial charge in [-0.3, -0.25) is 4.72 Å². The number of carbonyl (C=O) groups is 1. The molecule has 0 saturated heterocycles. The highest BCUT2D eigenvalue weighted by Gasteiger charge is 2.20. The number of hydrogen-bond donors (Lipinski definition) is 1. The molecule has 0 spiro atoms. The van der Waals surface area contributed by atoms with Crippen molar-refractivity contribution in [2.45, 2.75) is 18.2 Å². The standard InChI is InChI=1S/C26H24ClN5O4S/c1-2-36-26(33)31-13-11-18(12-14-31)20-15-24-25(28-17-29-32(24)16-20)19-3-7-22(8-4-19)30-37(34,35)23-9-5-21(27)6-10-23/h3-11,15-17,30H,2,12-14H2,1H3. The second-order valence-electron chi connectivity index (χ2n) is 8.43. The van der Waals surface area contributed by atoms with E-state index < -0.39 is 10.0 Å². The third-order valence-corrected chi connectivity index (χ3v) is 7.70. The number of nitrogens with zero attached hydrogens (tertiary/aromatic N) is 4. The normalized spacial score (nSPS) is 13.9. The Labute approximate surface area is 219 Å². The summed E-state index contributed by atoms with van der Waals surface area (Å²) in [5.74, 6) is 0. The zero-order chi connectivity index (χ0) is 26.0. The molecule has 37 heavy (non-hydrogen) atoms. The smallest absolute Gasteiger partial charge is 0.410 e. The third kappa shape index (κ3) is 5.30. The Morgan fingerprint density at radius 3 is 2.54 bits per heavy atom. The van der Waals surface area contributed by atoms with Crippen molar-refractivity contribution in [1.82, 2.24) is 19.5 Å². The number of amides is 1. The molecule has 4 aromatic rings. The largest absolute Gasteiger partial charge is 0.450 e. The van der Waals surface area contributed by atoms with E-state index >= 15 is 0 Å². The van der Waals surface area contributed by atoms with Gasteiger partial charge in [-0.05, 0) is 66.9 Å². The molecular weight excluding hydrogens is 514 g/mol. The van der Waals surface area contributed by atoms with Crippen LogP contribution in [0.2, 0.25) is 5.02 Å². The molecule has 1 N–H and O–H groups in total. The van der Waals surface area contributed by atoms with Gasteiger partial charge in [0.1, 0.15) is 6.33 Å². The SMILES string of the molecule is CCOC(=O)N1CC=C(c2cc3c(-c4ccc(NS(=O)(=O)c5ccc(Cl)cc5)cc4)ncnn3c2)CC1. The predicted octanol–water partition coefficient (Wildman–Crippen LogP) is 5.10. The Kier molecular flexibility index (Phi) is 6.86. The first-order chi connectivity index (χ1) is 17.8. The van der Waals surface area contributed by atoms with Gasteiger partial charge < -0.3 is 9.64 Å². The van der Waals surface area contributed by atoms with Crippen LogP contribution in [0.15, 0.2) is 78.1 Å². The Morgan fingerprint density at radius 2 is 1.86 bits per heavy atom. The van der Waals surface area contributed by atoms with Crippen LogP contribution >= 0.6 is 11.6 Å². The van der Waals surface area contributed by atoms with Crippen LogP contribution in [-0.4, -0.2) is 53.7 Å². The number of hydrogen-bond acceptors (Lipinski definition) is 6. The van der Waals surface area contributed by atoms with Crippen molar-refractivity contribution >= 4 is 44.5 Å². The van der Waals surface area contributed by atoms with Gasteiger partial charge in [0.25, 0.3) is 10.0 Å². The van der Waals surface area contributed by atoms with E-state index in [1.807, 2.05) is 30.5 Å². The number of fused-ring (bicyclic) bond motifs is 1. The number of benzene rings is 2. The van der Waals surface area contributed by atoms with Gasteiger partial charge in [0.15, 0.2) is 0 Å². The first-order valence-electron chi connectivity index (χ1n) is 11.7. The van der Waals surface area contributed by atoms with Crippen LogP contribution in [0.5, 0.6) is 0 Å². The molecular formula is C26H24ClN5O4S. The van der Waals surface area contributed by atoms with Crippen molar-refractivity contribution in [3.05, 3.63) is 83.8 Å². The first-order valence-corrected chi connectivity index (χ1v) is 13.5. The van der Waals surface area contributed by atoms with E-state index in [4.69, 9.17) is 16.3 Å². The Bertz CT molecular complexity index is 1580. The highest BCUT2D eigenvalue weighted by molar-refractivity contribution is 7.92. The van der Waals surface area contributed by atoms with E-state index in [-0.39, 0.29) is 11.0 Å². The van der Waals surface area contributed by atoms with Gasteiger partial charge in [-0.15, -0.1) is 0 Å². The molecule has 1 aliphatic rings. The van der Waals surface area contributed by atoms with E-state index in [1.165, 1.54) is 30.6 Å². The lowest BCUT2D eigenvalue weighted by Crippen LogP contribution is -2.35. The topological polar surface area (TPSA) is 106 Å². The van der Waals surface area contributed by atoms with Gasteiger partial charge in [0.2, 0.25) is 0 Å². The number of sulfonamides is 1. The molecule has 0 atom stereocenters. The molecule has 3 heterocycles. The molecule has 0 fully saturated rings. The number of anilines is 1. The summed E-state index contributed by atoms with van der Waals surface area (Å²) in [7, 11) is -3.74. The number of ether oxygens (including phenoxy) is 1. The Balaban J connectivity index is 1.36. The Morgan fingerprint density at radius 1 is 1.11 bits per heavy atom. The summed E-state index contributed by atoms with van der Waals surface area (Å²) in [5, 5.41) is 4.81. The molecule has 0 saturated carbocycles. The zero-order valence-electron chi connectivity index (χ0n) is 20.0. The molecule has 0 aliphatic carbocycles. The van der Waals surface area contributed by atoms with Crippen molar-refractivity contribution in [3.63, 3.8) is 0 Å². The molecule has 11 heteroatoms. The quantitative estimate of drug-likeness (QED) is 0.367.